The van der Waals surface area contributed by atoms with Crippen molar-refractivity contribution >= 4 is 34.4 Å². The summed E-state index contributed by atoms with van der Waals surface area (Å²) < 4.78 is 21.0. The van der Waals surface area contributed by atoms with Crippen LogP contribution in [0.1, 0.15) is 47.8 Å². The Morgan fingerprint density at radius 3 is 2.37 bits per heavy atom. The van der Waals surface area contributed by atoms with E-state index in [4.69, 9.17) is 16.3 Å². The van der Waals surface area contributed by atoms with Crippen LogP contribution in [0.2, 0.25) is 5.02 Å². The molecule has 0 amide bonds. The third-order valence-electron chi connectivity index (χ3n) is 5.08. The third-order valence-corrected chi connectivity index (χ3v) is 5.33. The molecule has 1 atom stereocenters. The quantitative estimate of drug-likeness (QED) is 0.551. The molecule has 1 unspecified atom stereocenters. The topological polar surface area (TPSA) is 68.5 Å². The van der Waals surface area contributed by atoms with E-state index in [1.807, 2.05) is 13.8 Å². The van der Waals surface area contributed by atoms with Gasteiger partial charge in [0.05, 0.1) is 18.5 Å². The van der Waals surface area contributed by atoms with E-state index in [1.165, 1.54) is 23.8 Å². The minimum absolute atomic E-state index is 0.0128. The van der Waals surface area contributed by atoms with Crippen molar-refractivity contribution in [2.75, 3.05) is 7.11 Å². The average molecular weight is 431 g/mol. The van der Waals surface area contributed by atoms with E-state index in [-0.39, 0.29) is 5.75 Å². The van der Waals surface area contributed by atoms with Crippen LogP contribution in [-0.4, -0.2) is 28.7 Å². The highest BCUT2D eigenvalue weighted by molar-refractivity contribution is 6.30. The number of aromatic nitrogens is 1. The molecule has 3 aromatic rings. The van der Waals surface area contributed by atoms with Crippen molar-refractivity contribution in [3.63, 3.8) is 0 Å². The Balaban J connectivity index is 2.33. The first-order valence-corrected chi connectivity index (χ1v) is 9.74. The smallest absolute Gasteiger partial charge is 0.311 e. The van der Waals surface area contributed by atoms with E-state index in [1.54, 1.807) is 31.2 Å². The predicted octanol–water partition coefficient (Wildman–Crippen LogP) is 5.61. The number of hydrogen-bond donors (Lipinski definition) is 1. The summed E-state index contributed by atoms with van der Waals surface area (Å²) in [6.07, 6.45) is 0.296. The minimum atomic E-state index is -1.01. The fraction of sp³-hybridized carbons (Fsp3) is 0.261. The molecule has 1 heterocycles. The number of benzene rings is 2. The van der Waals surface area contributed by atoms with Crippen LogP contribution < -0.4 is 4.74 Å². The van der Waals surface area contributed by atoms with Crippen LogP contribution >= 0.6 is 11.6 Å². The Bertz CT molecular complexity index is 1120. The van der Waals surface area contributed by atoms with E-state index in [0.717, 1.165) is 5.92 Å². The second kappa shape index (κ2) is 8.48. The molecule has 0 aliphatic carbocycles. The van der Waals surface area contributed by atoms with Gasteiger partial charge in [0.1, 0.15) is 0 Å². The largest absolute Gasteiger partial charge is 0.494 e. The number of nitrogens with zero attached hydrogens (tertiary/aromatic N) is 1. The van der Waals surface area contributed by atoms with E-state index in [0.29, 0.717) is 39.2 Å². The van der Waals surface area contributed by atoms with E-state index < -0.39 is 23.6 Å². The van der Waals surface area contributed by atoms with Crippen molar-refractivity contribution in [1.29, 1.82) is 0 Å². The maximum Gasteiger partial charge on any atom is 0.311 e. The number of carboxylic acids is 1. The van der Waals surface area contributed by atoms with E-state index in [9.17, 15) is 19.1 Å². The van der Waals surface area contributed by atoms with Crippen LogP contribution in [0.3, 0.4) is 0 Å². The molecule has 0 fully saturated rings. The second-order valence-electron chi connectivity index (χ2n) is 7.45. The number of ether oxygens (including phenoxy) is 1. The number of carbonyl (C=O) groups excluding carboxylic acids is 1. The van der Waals surface area contributed by atoms with Crippen LogP contribution in [0, 0.1) is 18.7 Å². The number of carbonyl (C=O) groups is 2. The number of rotatable bonds is 6. The summed E-state index contributed by atoms with van der Waals surface area (Å²) in [7, 11) is 1.34. The summed E-state index contributed by atoms with van der Waals surface area (Å²) >= 11 is 5.92. The molecule has 0 spiro atoms. The van der Waals surface area contributed by atoms with Crippen molar-refractivity contribution in [3.05, 3.63) is 70.0 Å². The number of fused-ring (bicyclic) bond motifs is 1. The van der Waals surface area contributed by atoms with Crippen molar-refractivity contribution in [1.82, 2.24) is 4.57 Å². The van der Waals surface area contributed by atoms with E-state index in [2.05, 4.69) is 0 Å². The van der Waals surface area contributed by atoms with Crippen molar-refractivity contribution in [3.8, 4) is 5.75 Å². The first kappa shape index (κ1) is 21.8. The molecule has 30 heavy (non-hydrogen) atoms. The first-order chi connectivity index (χ1) is 14.1. The van der Waals surface area contributed by atoms with Gasteiger partial charge in [0, 0.05) is 27.7 Å². The highest BCUT2D eigenvalue weighted by Crippen LogP contribution is 2.38. The van der Waals surface area contributed by atoms with Crippen molar-refractivity contribution in [2.45, 2.75) is 33.1 Å². The molecule has 1 N–H and O–H groups in total. The fourth-order valence-corrected chi connectivity index (χ4v) is 3.87. The molecular weight excluding hydrogens is 409 g/mol. The average Bonchev–Trinajstić information content (AvgIpc) is 2.95. The maximum absolute atomic E-state index is 14.5. The lowest BCUT2D eigenvalue weighted by atomic mass is 9.88. The lowest BCUT2D eigenvalue weighted by molar-refractivity contribution is -0.138. The first-order valence-electron chi connectivity index (χ1n) is 9.36. The van der Waals surface area contributed by atoms with Crippen LogP contribution in [-0.2, 0) is 4.79 Å². The van der Waals surface area contributed by atoms with Gasteiger partial charge < -0.3 is 9.84 Å². The highest BCUT2D eigenvalue weighted by atomic mass is 35.5. The highest BCUT2D eigenvalue weighted by Gasteiger charge is 2.31. The summed E-state index contributed by atoms with van der Waals surface area (Å²) in [5.74, 6) is -2.01. The normalized spacial score (nSPS) is 12.4. The summed E-state index contributed by atoms with van der Waals surface area (Å²) in [5, 5.41) is 10.9. The Morgan fingerprint density at radius 1 is 1.20 bits per heavy atom. The molecule has 2 aromatic carbocycles. The van der Waals surface area contributed by atoms with Gasteiger partial charge in [-0.05, 0) is 55.2 Å². The Morgan fingerprint density at radius 2 is 1.83 bits per heavy atom. The molecule has 5 nitrogen and oxygen atoms in total. The number of aliphatic carboxylic acids is 1. The molecule has 3 rings (SSSR count). The molecule has 0 aliphatic heterocycles. The minimum Gasteiger partial charge on any atom is -0.494 e. The zero-order valence-electron chi connectivity index (χ0n) is 17.1. The van der Waals surface area contributed by atoms with E-state index >= 15 is 0 Å². The number of hydrogen-bond acceptors (Lipinski definition) is 3. The second-order valence-corrected chi connectivity index (χ2v) is 7.89. The maximum atomic E-state index is 14.5. The molecule has 157 valence electrons. The third kappa shape index (κ3) is 3.92. The Labute approximate surface area is 179 Å². The van der Waals surface area contributed by atoms with Crippen LogP contribution in [0.4, 0.5) is 4.39 Å². The number of halogens is 2. The molecule has 1 radical (unpaired) electrons. The molecular formula is C23H22ClFNO4. The number of methoxy groups -OCH3 is 1. The van der Waals surface area contributed by atoms with Gasteiger partial charge in [-0.3, -0.25) is 14.2 Å². The van der Waals surface area contributed by atoms with Crippen LogP contribution in [0.25, 0.3) is 10.9 Å². The van der Waals surface area contributed by atoms with Gasteiger partial charge in [-0.2, -0.15) is 0 Å². The SMILES string of the molecule is COc1cc2c(C(C[C](C)C)C(=O)O)c(C)n(C(=O)c3ccc(Cl)cc3)c2cc1F. The zero-order chi connectivity index (χ0) is 22.2. The number of carboxylic acid groups (broad SMARTS) is 1. The molecule has 0 saturated carbocycles. The zero-order valence-corrected chi connectivity index (χ0v) is 17.9. The summed E-state index contributed by atoms with van der Waals surface area (Å²) in [4.78, 5) is 25.4. The van der Waals surface area contributed by atoms with Gasteiger partial charge in [0.15, 0.2) is 11.6 Å². The summed E-state index contributed by atoms with van der Waals surface area (Å²) in [6.45, 7) is 5.38. The molecule has 0 aliphatic rings. The van der Waals surface area contributed by atoms with Gasteiger partial charge in [-0.15, -0.1) is 0 Å². The summed E-state index contributed by atoms with van der Waals surface area (Å²) in [5.41, 5.74) is 1.57. The standard InChI is InChI=1S/C23H22ClFNO4/c1-12(2)9-17(23(28)29)21-13(3)26(22(27)14-5-7-15(24)8-6-14)19-11-18(25)20(30-4)10-16(19)21/h5-8,10-11,17H,9H2,1-4H3,(H,28,29). The van der Waals surface area contributed by atoms with Gasteiger partial charge in [-0.25, -0.2) is 4.39 Å². The molecule has 0 bridgehead atoms. The Kier molecular flexibility index (Phi) is 6.17. The summed E-state index contributed by atoms with van der Waals surface area (Å²) in [6, 6.07) is 9.01. The molecule has 1 aromatic heterocycles. The Hall–Kier alpha value is -2.86. The van der Waals surface area contributed by atoms with Crippen molar-refractivity contribution in [2.24, 2.45) is 0 Å². The van der Waals surface area contributed by atoms with Gasteiger partial charge in [-0.1, -0.05) is 25.4 Å². The fourth-order valence-electron chi connectivity index (χ4n) is 3.74. The van der Waals surface area contributed by atoms with Gasteiger partial charge in [0.25, 0.3) is 5.91 Å². The predicted molar refractivity (Wildman–Crippen MR) is 114 cm³/mol. The monoisotopic (exact) mass is 430 g/mol. The van der Waals surface area contributed by atoms with Crippen LogP contribution in [0.5, 0.6) is 5.75 Å². The van der Waals surface area contributed by atoms with Gasteiger partial charge in [0.2, 0.25) is 0 Å². The lowest BCUT2D eigenvalue weighted by Crippen LogP contribution is -2.17. The molecule has 0 saturated heterocycles. The van der Waals surface area contributed by atoms with Gasteiger partial charge >= 0.3 is 5.97 Å². The lowest BCUT2D eigenvalue weighted by Gasteiger charge is -2.16. The molecule has 7 heteroatoms. The van der Waals surface area contributed by atoms with Crippen LogP contribution in [0.15, 0.2) is 36.4 Å². The van der Waals surface area contributed by atoms with Crippen molar-refractivity contribution < 1.29 is 23.8 Å².